The Morgan fingerprint density at radius 1 is 0.318 bits per heavy atom. The van der Waals surface area contributed by atoms with Crippen LogP contribution in [0.4, 0.5) is 0 Å². The molecule has 1 unspecified atom stereocenters. The zero-order valence-corrected chi connectivity index (χ0v) is 42.9. The van der Waals surface area contributed by atoms with E-state index in [-0.39, 0.29) is 31.1 Å². The molecule has 0 saturated heterocycles. The van der Waals surface area contributed by atoms with Crippen molar-refractivity contribution in [3.63, 3.8) is 0 Å². The third kappa shape index (κ3) is 51.3. The summed E-state index contributed by atoms with van der Waals surface area (Å²) in [6.45, 7) is 6.44. The van der Waals surface area contributed by atoms with E-state index < -0.39 is 6.10 Å². The normalized spacial score (nSPS) is 12.8. The number of esters is 3. The number of rotatable bonds is 48. The average molecular weight is 917 g/mol. The second-order valence-electron chi connectivity index (χ2n) is 17.8. The lowest BCUT2D eigenvalue weighted by Crippen LogP contribution is -2.30. The second kappa shape index (κ2) is 53.9. The van der Waals surface area contributed by atoms with E-state index in [1.165, 1.54) is 70.6 Å². The van der Waals surface area contributed by atoms with Crippen molar-refractivity contribution >= 4 is 17.9 Å². The van der Waals surface area contributed by atoms with Gasteiger partial charge in [-0.1, -0.05) is 221 Å². The van der Waals surface area contributed by atoms with Gasteiger partial charge in [0.1, 0.15) is 13.2 Å². The quantitative estimate of drug-likeness (QED) is 0.0262. The maximum atomic E-state index is 12.8. The van der Waals surface area contributed by atoms with Gasteiger partial charge in [0, 0.05) is 19.3 Å². The Hall–Kier alpha value is -3.67. The van der Waals surface area contributed by atoms with Crippen LogP contribution in [0.15, 0.2) is 97.2 Å². The molecule has 0 fully saturated rings. The summed E-state index contributed by atoms with van der Waals surface area (Å²) in [5.41, 5.74) is 0. The average Bonchev–Trinajstić information content (AvgIpc) is 3.31. The van der Waals surface area contributed by atoms with Crippen molar-refractivity contribution in [3.8, 4) is 0 Å². The zero-order chi connectivity index (χ0) is 47.9. The third-order valence-corrected chi connectivity index (χ3v) is 11.3. The van der Waals surface area contributed by atoms with Crippen molar-refractivity contribution in [2.24, 2.45) is 0 Å². The Balaban J connectivity index is 4.30. The van der Waals surface area contributed by atoms with Crippen LogP contribution >= 0.6 is 0 Å². The lowest BCUT2D eigenvalue weighted by molar-refractivity contribution is -0.167. The first-order chi connectivity index (χ1) is 32.5. The molecule has 0 aliphatic rings. The maximum absolute atomic E-state index is 12.8. The Morgan fingerprint density at radius 2 is 0.591 bits per heavy atom. The molecule has 0 aromatic carbocycles. The van der Waals surface area contributed by atoms with Gasteiger partial charge in [0.25, 0.3) is 0 Å². The summed E-state index contributed by atoms with van der Waals surface area (Å²) in [7, 11) is 0. The fourth-order valence-electron chi connectivity index (χ4n) is 7.24. The van der Waals surface area contributed by atoms with Crippen LogP contribution in [0.1, 0.15) is 245 Å². The van der Waals surface area contributed by atoms with Gasteiger partial charge < -0.3 is 14.2 Å². The van der Waals surface area contributed by atoms with Gasteiger partial charge in [-0.25, -0.2) is 0 Å². The maximum Gasteiger partial charge on any atom is 0.306 e. The molecular formula is C60H100O6. The van der Waals surface area contributed by atoms with Crippen LogP contribution in [0.5, 0.6) is 0 Å². The fourth-order valence-corrected chi connectivity index (χ4v) is 7.24. The zero-order valence-electron chi connectivity index (χ0n) is 42.9. The summed E-state index contributed by atoms with van der Waals surface area (Å²) in [5, 5.41) is 0. The summed E-state index contributed by atoms with van der Waals surface area (Å²) in [5.74, 6) is -0.922. The van der Waals surface area contributed by atoms with Crippen LogP contribution in [0.3, 0.4) is 0 Å². The molecule has 6 nitrogen and oxygen atoms in total. The molecule has 6 heteroatoms. The molecule has 0 aromatic heterocycles. The molecule has 376 valence electrons. The fraction of sp³-hybridized carbons (Fsp3) is 0.683. The van der Waals surface area contributed by atoms with E-state index in [9.17, 15) is 14.4 Å². The van der Waals surface area contributed by atoms with Crippen molar-refractivity contribution in [2.75, 3.05) is 13.2 Å². The number of unbranched alkanes of at least 4 members (excludes halogenated alkanes) is 21. The second-order valence-corrected chi connectivity index (χ2v) is 17.8. The van der Waals surface area contributed by atoms with Crippen molar-refractivity contribution in [1.82, 2.24) is 0 Å². The molecule has 0 N–H and O–H groups in total. The molecule has 0 bridgehead atoms. The van der Waals surface area contributed by atoms with Crippen LogP contribution in [-0.2, 0) is 28.6 Å². The highest BCUT2D eigenvalue weighted by Gasteiger charge is 2.19. The van der Waals surface area contributed by atoms with E-state index in [2.05, 4.69) is 118 Å². The largest absolute Gasteiger partial charge is 0.462 e. The van der Waals surface area contributed by atoms with E-state index >= 15 is 0 Å². The first-order valence-electron chi connectivity index (χ1n) is 27.2. The molecule has 0 aliphatic carbocycles. The molecule has 0 saturated carbocycles. The minimum absolute atomic E-state index is 0.0877. The summed E-state index contributed by atoms with van der Waals surface area (Å²) in [4.78, 5) is 37.9. The topological polar surface area (TPSA) is 78.9 Å². The Morgan fingerprint density at radius 3 is 0.955 bits per heavy atom. The Labute approximate surface area is 407 Å². The van der Waals surface area contributed by atoms with Gasteiger partial charge in [0.15, 0.2) is 6.10 Å². The summed E-state index contributed by atoms with van der Waals surface area (Å²) < 4.78 is 16.7. The van der Waals surface area contributed by atoms with Gasteiger partial charge in [-0.2, -0.15) is 0 Å². The molecule has 0 heterocycles. The number of ether oxygens (including phenoxy) is 3. The van der Waals surface area contributed by atoms with E-state index in [1.54, 1.807) is 0 Å². The lowest BCUT2D eigenvalue weighted by atomic mass is 10.1. The molecule has 0 spiro atoms. The Kier molecular flexibility index (Phi) is 50.9. The molecule has 0 amide bonds. The van der Waals surface area contributed by atoms with E-state index in [1.807, 2.05) is 0 Å². The van der Waals surface area contributed by atoms with Gasteiger partial charge in [-0.15, -0.1) is 0 Å². The van der Waals surface area contributed by atoms with Crippen LogP contribution in [0.2, 0.25) is 0 Å². The van der Waals surface area contributed by atoms with Gasteiger partial charge in [-0.3, -0.25) is 14.4 Å². The Bertz CT molecular complexity index is 1330. The van der Waals surface area contributed by atoms with E-state index in [0.717, 1.165) is 135 Å². The predicted octanol–water partition coefficient (Wildman–Crippen LogP) is 18.1. The lowest BCUT2D eigenvalue weighted by Gasteiger charge is -2.18. The number of carbonyl (C=O) groups excluding carboxylic acids is 3. The molecule has 66 heavy (non-hydrogen) atoms. The van der Waals surface area contributed by atoms with Crippen LogP contribution in [0.25, 0.3) is 0 Å². The first-order valence-corrected chi connectivity index (χ1v) is 27.2. The van der Waals surface area contributed by atoms with Crippen LogP contribution in [0, 0.1) is 0 Å². The minimum atomic E-state index is -0.789. The first kappa shape index (κ1) is 62.3. The highest BCUT2D eigenvalue weighted by Crippen LogP contribution is 2.14. The molecule has 0 radical (unpaired) electrons. The number of hydrogen-bond donors (Lipinski definition) is 0. The van der Waals surface area contributed by atoms with Crippen LogP contribution < -0.4 is 0 Å². The van der Waals surface area contributed by atoms with Gasteiger partial charge >= 0.3 is 17.9 Å². The van der Waals surface area contributed by atoms with Crippen molar-refractivity contribution < 1.29 is 28.6 Å². The molecule has 0 aromatic rings. The van der Waals surface area contributed by atoms with Crippen molar-refractivity contribution in [3.05, 3.63) is 97.2 Å². The monoisotopic (exact) mass is 917 g/mol. The van der Waals surface area contributed by atoms with Gasteiger partial charge in [0.2, 0.25) is 0 Å². The summed E-state index contributed by atoms with van der Waals surface area (Å²) in [6, 6.07) is 0. The van der Waals surface area contributed by atoms with Gasteiger partial charge in [-0.05, 0) is 103 Å². The van der Waals surface area contributed by atoms with E-state index in [0.29, 0.717) is 19.3 Å². The highest BCUT2D eigenvalue weighted by atomic mass is 16.6. The minimum Gasteiger partial charge on any atom is -0.462 e. The van der Waals surface area contributed by atoms with Crippen molar-refractivity contribution in [1.29, 1.82) is 0 Å². The SMILES string of the molecule is CC/C=C\C/C=C\C/C=C\C/C=C\C/C=C\C/C=C\CCCCCCCCC(=O)OCC(COC(=O)CCCCCCCCCC)OC(=O)CCCCCCC/C=C\C/C=C\CCCCC. The summed E-state index contributed by atoms with van der Waals surface area (Å²) >= 11 is 0. The summed E-state index contributed by atoms with van der Waals surface area (Å²) in [6.07, 6.45) is 71.2. The van der Waals surface area contributed by atoms with Crippen LogP contribution in [-0.4, -0.2) is 37.2 Å². The van der Waals surface area contributed by atoms with Crippen molar-refractivity contribution in [2.45, 2.75) is 252 Å². The third-order valence-electron chi connectivity index (χ3n) is 11.3. The molecular weight excluding hydrogens is 817 g/mol. The smallest absolute Gasteiger partial charge is 0.306 e. The number of carbonyl (C=O) groups is 3. The van der Waals surface area contributed by atoms with E-state index in [4.69, 9.17) is 14.2 Å². The molecule has 0 aliphatic heterocycles. The molecule has 1 atom stereocenters. The van der Waals surface area contributed by atoms with Gasteiger partial charge in [0.05, 0.1) is 0 Å². The highest BCUT2D eigenvalue weighted by molar-refractivity contribution is 5.71. The number of hydrogen-bond acceptors (Lipinski definition) is 6. The standard InChI is InChI=1S/C60H100O6/c1-4-7-10-13-16-19-21-23-25-26-27-28-29-30-31-32-33-34-36-37-39-41-44-47-50-53-59(62)65-56-57(55-64-58(61)52-49-46-43-18-15-12-9-6-3)66-60(63)54-51-48-45-42-40-38-35-24-22-20-17-14-11-8-5-2/h7,10,16-17,19-20,23-25,27-28,30-31,33-35,57H,4-6,8-9,11-15,18,21-22,26,29,32,36-56H2,1-3H3/b10-7-,19-16-,20-17-,25-23-,28-27-,31-30-,34-33-,35-24-. The molecule has 0 rings (SSSR count). The number of allylic oxidation sites excluding steroid dienone is 16. The predicted molar refractivity (Wildman–Crippen MR) is 284 cm³/mol.